The van der Waals surface area contributed by atoms with E-state index in [-0.39, 0.29) is 5.91 Å². The van der Waals surface area contributed by atoms with Crippen molar-refractivity contribution < 1.29 is 14.3 Å². The van der Waals surface area contributed by atoms with Gasteiger partial charge in [0.25, 0.3) is 0 Å². The normalized spacial score (nSPS) is 9.78. The summed E-state index contributed by atoms with van der Waals surface area (Å²) in [5.41, 5.74) is 0. The highest BCUT2D eigenvalue weighted by molar-refractivity contribution is 5.75. The second kappa shape index (κ2) is 6.63. The molecule has 1 aromatic rings. The van der Waals surface area contributed by atoms with Gasteiger partial charge < -0.3 is 19.7 Å². The van der Waals surface area contributed by atoms with Crippen LogP contribution in [0.2, 0.25) is 0 Å². The largest absolute Gasteiger partial charge is 0.481 e. The Balaban J connectivity index is 2.58. The molecule has 0 aliphatic rings. The molecule has 0 atom stereocenters. The minimum absolute atomic E-state index is 0.0392. The van der Waals surface area contributed by atoms with Gasteiger partial charge >= 0.3 is 0 Å². The van der Waals surface area contributed by atoms with Crippen LogP contribution in [-0.2, 0) is 4.79 Å². The number of ether oxygens (including phenoxy) is 2. The van der Waals surface area contributed by atoms with Gasteiger partial charge in [-0.1, -0.05) is 0 Å². The first-order valence-electron chi connectivity index (χ1n) is 5.48. The molecule has 0 aliphatic carbocycles. The lowest BCUT2D eigenvalue weighted by atomic mass is 10.4. The summed E-state index contributed by atoms with van der Waals surface area (Å²) in [5.74, 6) is 1.22. The van der Waals surface area contributed by atoms with Crippen LogP contribution < -0.4 is 14.8 Å². The van der Waals surface area contributed by atoms with E-state index in [2.05, 4.69) is 15.3 Å². The molecule has 0 aliphatic heterocycles. The molecule has 100 valence electrons. The molecule has 1 heterocycles. The Labute approximate surface area is 106 Å². The minimum Gasteiger partial charge on any atom is -0.481 e. The first-order chi connectivity index (χ1) is 8.56. The SMILES string of the molecule is COc1cc(OC)nc(NCCC(=O)N(C)C)n1. The van der Waals surface area contributed by atoms with Crippen molar-refractivity contribution in [3.8, 4) is 11.8 Å². The molecule has 7 heteroatoms. The maximum atomic E-state index is 11.4. The molecule has 18 heavy (non-hydrogen) atoms. The number of hydrogen-bond acceptors (Lipinski definition) is 6. The molecule has 1 N–H and O–H groups in total. The number of nitrogens with zero attached hydrogens (tertiary/aromatic N) is 3. The van der Waals surface area contributed by atoms with Crippen LogP contribution in [0.15, 0.2) is 6.07 Å². The first kappa shape index (κ1) is 14.0. The van der Waals surface area contributed by atoms with E-state index in [9.17, 15) is 4.79 Å². The zero-order valence-corrected chi connectivity index (χ0v) is 11.1. The Morgan fingerprint density at radius 2 is 1.83 bits per heavy atom. The van der Waals surface area contributed by atoms with Crippen molar-refractivity contribution in [1.82, 2.24) is 14.9 Å². The third-order valence-electron chi connectivity index (χ3n) is 2.22. The van der Waals surface area contributed by atoms with Gasteiger partial charge in [-0.15, -0.1) is 0 Å². The lowest BCUT2D eigenvalue weighted by Gasteiger charge is -2.11. The van der Waals surface area contributed by atoms with Crippen LogP contribution in [0.5, 0.6) is 11.8 Å². The summed E-state index contributed by atoms with van der Waals surface area (Å²) in [6.45, 7) is 0.452. The number of hydrogen-bond donors (Lipinski definition) is 1. The number of amides is 1. The van der Waals surface area contributed by atoms with Crippen LogP contribution in [0.1, 0.15) is 6.42 Å². The van der Waals surface area contributed by atoms with Gasteiger partial charge in [0.1, 0.15) is 0 Å². The molecule has 0 unspecified atom stereocenters. The Bertz CT molecular complexity index is 387. The molecule has 0 fully saturated rings. The zero-order valence-electron chi connectivity index (χ0n) is 11.1. The zero-order chi connectivity index (χ0) is 13.5. The number of carbonyl (C=O) groups excluding carboxylic acids is 1. The minimum atomic E-state index is 0.0392. The topological polar surface area (TPSA) is 76.6 Å². The van der Waals surface area contributed by atoms with E-state index < -0.39 is 0 Å². The number of rotatable bonds is 6. The summed E-state index contributed by atoms with van der Waals surface area (Å²) >= 11 is 0. The van der Waals surface area contributed by atoms with Crippen LogP contribution in [0, 0.1) is 0 Å². The number of methoxy groups -OCH3 is 2. The van der Waals surface area contributed by atoms with Gasteiger partial charge in [-0.25, -0.2) is 0 Å². The van der Waals surface area contributed by atoms with Gasteiger partial charge in [-0.2, -0.15) is 9.97 Å². The van der Waals surface area contributed by atoms with Crippen LogP contribution in [0.3, 0.4) is 0 Å². The molecule has 1 rings (SSSR count). The highest BCUT2D eigenvalue weighted by atomic mass is 16.5. The fourth-order valence-electron chi connectivity index (χ4n) is 1.20. The lowest BCUT2D eigenvalue weighted by molar-refractivity contribution is -0.128. The van der Waals surface area contributed by atoms with Gasteiger partial charge in [-0.3, -0.25) is 4.79 Å². The summed E-state index contributed by atoms with van der Waals surface area (Å²) in [4.78, 5) is 21.1. The Hall–Kier alpha value is -2.05. The van der Waals surface area contributed by atoms with Gasteiger partial charge in [0.2, 0.25) is 23.6 Å². The van der Waals surface area contributed by atoms with Crippen LogP contribution >= 0.6 is 0 Å². The van der Waals surface area contributed by atoms with E-state index in [1.807, 2.05) is 0 Å². The molecule has 1 aromatic heterocycles. The van der Waals surface area contributed by atoms with E-state index in [1.54, 1.807) is 20.2 Å². The summed E-state index contributed by atoms with van der Waals surface area (Å²) < 4.78 is 10.0. The second-order valence-electron chi connectivity index (χ2n) is 3.74. The highest BCUT2D eigenvalue weighted by Gasteiger charge is 2.07. The average Bonchev–Trinajstić information content (AvgIpc) is 2.37. The number of nitrogens with one attached hydrogen (secondary N) is 1. The van der Waals surface area contributed by atoms with E-state index in [1.165, 1.54) is 19.1 Å². The maximum absolute atomic E-state index is 11.4. The van der Waals surface area contributed by atoms with Crippen molar-refractivity contribution >= 4 is 11.9 Å². The quantitative estimate of drug-likeness (QED) is 0.791. The molecule has 0 aromatic carbocycles. The van der Waals surface area contributed by atoms with Crippen LogP contribution in [0.4, 0.5) is 5.95 Å². The number of carbonyl (C=O) groups is 1. The van der Waals surface area contributed by atoms with Crippen molar-refractivity contribution in [1.29, 1.82) is 0 Å². The molecule has 7 nitrogen and oxygen atoms in total. The molecular formula is C11H18N4O3. The highest BCUT2D eigenvalue weighted by Crippen LogP contribution is 2.17. The molecule has 0 saturated heterocycles. The second-order valence-corrected chi connectivity index (χ2v) is 3.74. The van der Waals surface area contributed by atoms with Gasteiger partial charge in [0.15, 0.2) is 0 Å². The fraction of sp³-hybridized carbons (Fsp3) is 0.545. The third kappa shape index (κ3) is 4.08. The summed E-state index contributed by atoms with van der Waals surface area (Å²) in [7, 11) is 6.46. The Morgan fingerprint density at radius 1 is 1.28 bits per heavy atom. The predicted molar refractivity (Wildman–Crippen MR) is 66.9 cm³/mol. The molecule has 0 spiro atoms. The van der Waals surface area contributed by atoms with E-state index in [0.29, 0.717) is 30.7 Å². The van der Waals surface area contributed by atoms with Crippen LogP contribution in [0.25, 0.3) is 0 Å². The number of anilines is 1. The van der Waals surface area contributed by atoms with Crippen LogP contribution in [-0.4, -0.2) is 55.6 Å². The Kier molecular flexibility index (Phi) is 5.16. The molecule has 0 radical (unpaired) electrons. The third-order valence-corrected chi connectivity index (χ3v) is 2.22. The monoisotopic (exact) mass is 254 g/mol. The smallest absolute Gasteiger partial charge is 0.229 e. The standard InChI is InChI=1S/C11H18N4O3/c1-15(2)10(16)5-6-12-11-13-8(17-3)7-9(14-11)18-4/h7H,5-6H2,1-4H3,(H,12,13,14). The molecule has 1 amide bonds. The molecule has 0 bridgehead atoms. The molecular weight excluding hydrogens is 236 g/mol. The summed E-state index contributed by atoms with van der Waals surface area (Å²) in [6, 6.07) is 1.58. The van der Waals surface area contributed by atoms with Gasteiger partial charge in [0, 0.05) is 27.1 Å². The molecule has 0 saturated carbocycles. The van der Waals surface area contributed by atoms with E-state index in [4.69, 9.17) is 9.47 Å². The maximum Gasteiger partial charge on any atom is 0.229 e. The van der Waals surface area contributed by atoms with Crippen molar-refractivity contribution in [2.45, 2.75) is 6.42 Å². The fourth-order valence-corrected chi connectivity index (χ4v) is 1.20. The lowest BCUT2D eigenvalue weighted by Crippen LogP contribution is -2.24. The van der Waals surface area contributed by atoms with Gasteiger partial charge in [0.05, 0.1) is 20.3 Å². The predicted octanol–water partition coefficient (Wildman–Crippen LogP) is 0.384. The summed E-state index contributed by atoms with van der Waals surface area (Å²) in [6.07, 6.45) is 0.371. The first-order valence-corrected chi connectivity index (χ1v) is 5.48. The van der Waals surface area contributed by atoms with Crippen molar-refractivity contribution in [3.63, 3.8) is 0 Å². The van der Waals surface area contributed by atoms with E-state index >= 15 is 0 Å². The van der Waals surface area contributed by atoms with Gasteiger partial charge in [-0.05, 0) is 0 Å². The average molecular weight is 254 g/mol. The van der Waals surface area contributed by atoms with Crippen molar-refractivity contribution in [2.75, 3.05) is 40.2 Å². The number of aromatic nitrogens is 2. The van der Waals surface area contributed by atoms with Crippen molar-refractivity contribution in [3.05, 3.63) is 6.07 Å². The Morgan fingerprint density at radius 3 is 2.28 bits per heavy atom. The van der Waals surface area contributed by atoms with E-state index in [0.717, 1.165) is 0 Å². The summed E-state index contributed by atoms with van der Waals surface area (Å²) in [5, 5.41) is 2.95. The van der Waals surface area contributed by atoms with Crippen molar-refractivity contribution in [2.24, 2.45) is 0 Å².